The first kappa shape index (κ1) is 31.1. The minimum absolute atomic E-state index is 0.144. The fourth-order valence-corrected chi connectivity index (χ4v) is 7.14. The molecule has 0 aliphatic rings. The second-order valence-electron chi connectivity index (χ2n) is 12.0. The number of benzene rings is 5. The van der Waals surface area contributed by atoms with E-state index in [0.717, 1.165) is 39.6 Å². The summed E-state index contributed by atoms with van der Waals surface area (Å²) in [4.78, 5) is 8.98. The quantitative estimate of drug-likeness (QED) is 0.150. The van der Waals surface area contributed by atoms with Gasteiger partial charge in [0.25, 0.3) is 0 Å². The van der Waals surface area contributed by atoms with E-state index in [1.54, 1.807) is 18.2 Å². The molecule has 7 nitrogen and oxygen atoms in total. The molecule has 0 radical (unpaired) electrons. The zero-order valence-electron chi connectivity index (χ0n) is 26.8. The predicted octanol–water partition coefficient (Wildman–Crippen LogP) is 8.80. The van der Waals surface area contributed by atoms with Gasteiger partial charge >= 0.3 is 0 Å². The van der Waals surface area contributed by atoms with Gasteiger partial charge in [0.2, 0.25) is 14.9 Å². The Hall–Kier alpha value is -6.19. The molecule has 0 N–H and O–H groups in total. The third-order valence-electron chi connectivity index (χ3n) is 8.88. The van der Waals surface area contributed by atoms with Crippen LogP contribution < -0.4 is 0 Å². The topological polar surface area (TPSA) is 90.9 Å². The molecule has 0 fully saturated rings. The molecule has 0 aliphatic heterocycles. The van der Waals surface area contributed by atoms with Crippen LogP contribution in [0.25, 0.3) is 44.7 Å². The van der Waals surface area contributed by atoms with Crippen LogP contribution in [0.2, 0.25) is 0 Å². The SMILES string of the molecule is CS(=O)(=O)c1ccc(-c2ncnc3ccc(-c4cn(C(c5ccccc5)(c5ccccc5)c5ccccc5)nc4-c4ccc(F)cc4)cc23)o1. The van der Waals surface area contributed by atoms with Crippen LogP contribution in [0.1, 0.15) is 16.7 Å². The van der Waals surface area contributed by atoms with Crippen molar-refractivity contribution in [3.63, 3.8) is 0 Å². The minimum atomic E-state index is -3.56. The third-order valence-corrected chi connectivity index (χ3v) is 9.83. The van der Waals surface area contributed by atoms with Gasteiger partial charge in [-0.25, -0.2) is 22.8 Å². The number of sulfone groups is 1. The highest BCUT2D eigenvalue weighted by atomic mass is 32.2. The Morgan fingerprint density at radius 3 is 1.80 bits per heavy atom. The second-order valence-corrected chi connectivity index (χ2v) is 13.9. The molecule has 0 amide bonds. The van der Waals surface area contributed by atoms with E-state index in [4.69, 9.17) is 9.52 Å². The second kappa shape index (κ2) is 12.4. The zero-order valence-corrected chi connectivity index (χ0v) is 27.6. The smallest absolute Gasteiger partial charge is 0.218 e. The summed E-state index contributed by atoms with van der Waals surface area (Å²) in [6, 6.07) is 45.9. The molecule has 0 spiro atoms. The summed E-state index contributed by atoms with van der Waals surface area (Å²) in [7, 11) is -3.56. The molecule has 3 heterocycles. The first-order valence-electron chi connectivity index (χ1n) is 15.9. The Morgan fingerprint density at radius 2 is 1.24 bits per heavy atom. The van der Waals surface area contributed by atoms with Crippen LogP contribution >= 0.6 is 0 Å². The van der Waals surface area contributed by atoms with E-state index in [2.05, 4.69) is 46.4 Å². The molecule has 0 unspecified atom stereocenters. The van der Waals surface area contributed by atoms with Crippen LogP contribution in [0, 0.1) is 5.82 Å². The molecular weight excluding hydrogens is 648 g/mol. The van der Waals surface area contributed by atoms with Gasteiger partial charge < -0.3 is 4.42 Å². The van der Waals surface area contributed by atoms with Gasteiger partial charge in [-0.15, -0.1) is 0 Å². The lowest BCUT2D eigenvalue weighted by molar-refractivity contribution is 0.461. The number of nitrogens with zero attached hydrogens (tertiary/aromatic N) is 4. The standard InChI is InChI=1S/C41H29FN4O3S/c1-50(47,48)38-24-23-37(49-38)40-34-25-29(19-22-36(34)43-27-44-40)35-26-46(45-39(35)28-17-20-33(42)21-18-28)41(30-11-5-2-6-12-30,31-13-7-3-8-14-31)32-15-9-4-10-16-32/h2-27H,1H3. The predicted molar refractivity (Wildman–Crippen MR) is 192 cm³/mol. The highest BCUT2D eigenvalue weighted by Crippen LogP contribution is 2.44. The highest BCUT2D eigenvalue weighted by molar-refractivity contribution is 7.90. The van der Waals surface area contributed by atoms with E-state index in [1.807, 2.05) is 83.7 Å². The van der Waals surface area contributed by atoms with E-state index in [-0.39, 0.29) is 10.9 Å². The Balaban J connectivity index is 1.42. The first-order valence-corrected chi connectivity index (χ1v) is 17.8. The number of furan rings is 1. The maximum Gasteiger partial charge on any atom is 0.218 e. The zero-order chi connectivity index (χ0) is 34.3. The van der Waals surface area contributed by atoms with E-state index in [9.17, 15) is 12.8 Å². The van der Waals surface area contributed by atoms with Gasteiger partial charge in [0.05, 0.1) is 5.52 Å². The van der Waals surface area contributed by atoms with Crippen molar-refractivity contribution < 1.29 is 17.2 Å². The molecular formula is C41H29FN4O3S. The Labute approximate surface area is 288 Å². The number of hydrogen-bond donors (Lipinski definition) is 0. The number of halogens is 1. The maximum atomic E-state index is 14.3. The average molecular weight is 677 g/mol. The molecule has 5 aromatic carbocycles. The summed E-state index contributed by atoms with van der Waals surface area (Å²) in [5.74, 6) is -0.0398. The molecule has 9 heteroatoms. The van der Waals surface area contributed by atoms with Crippen molar-refractivity contribution in [2.24, 2.45) is 0 Å². The van der Waals surface area contributed by atoms with E-state index in [0.29, 0.717) is 28.1 Å². The Bertz CT molecular complexity index is 2470. The molecule has 50 heavy (non-hydrogen) atoms. The van der Waals surface area contributed by atoms with Gasteiger partial charge in [-0.3, -0.25) is 4.68 Å². The molecule has 0 bridgehead atoms. The fraction of sp³-hybridized carbons (Fsp3) is 0.0488. The monoisotopic (exact) mass is 676 g/mol. The van der Waals surface area contributed by atoms with Gasteiger partial charge in [0.15, 0.2) is 5.76 Å². The maximum absolute atomic E-state index is 14.3. The van der Waals surface area contributed by atoms with Crippen molar-refractivity contribution in [1.82, 2.24) is 19.7 Å². The largest absolute Gasteiger partial charge is 0.443 e. The molecule has 0 aliphatic carbocycles. The average Bonchev–Trinajstić information content (AvgIpc) is 3.83. The summed E-state index contributed by atoms with van der Waals surface area (Å²) < 4.78 is 46.4. The molecule has 3 aromatic heterocycles. The number of hydrogen-bond acceptors (Lipinski definition) is 6. The number of rotatable bonds is 8. The van der Waals surface area contributed by atoms with Crippen LogP contribution in [-0.4, -0.2) is 34.4 Å². The normalized spacial score (nSPS) is 12.0. The summed E-state index contributed by atoms with van der Waals surface area (Å²) in [5.41, 5.74) is 6.20. The van der Waals surface area contributed by atoms with Crippen LogP contribution in [0.15, 0.2) is 168 Å². The van der Waals surface area contributed by atoms with Gasteiger partial charge in [-0.1, -0.05) is 97.1 Å². The molecule has 0 atom stereocenters. The van der Waals surface area contributed by atoms with Crippen LogP contribution in [0.3, 0.4) is 0 Å². The van der Waals surface area contributed by atoms with E-state index < -0.39 is 15.4 Å². The molecule has 244 valence electrons. The summed E-state index contributed by atoms with van der Waals surface area (Å²) >= 11 is 0. The molecule has 0 saturated carbocycles. The first-order chi connectivity index (χ1) is 24.3. The molecule has 8 rings (SSSR count). The summed E-state index contributed by atoms with van der Waals surface area (Å²) in [6.07, 6.45) is 4.56. The fourth-order valence-electron chi connectivity index (χ4n) is 6.58. The van der Waals surface area contributed by atoms with Gasteiger partial charge in [0.1, 0.15) is 29.1 Å². The van der Waals surface area contributed by atoms with Crippen molar-refractivity contribution in [2.45, 2.75) is 10.6 Å². The Kier molecular flexibility index (Phi) is 7.69. The van der Waals surface area contributed by atoms with Gasteiger partial charge in [0, 0.05) is 29.0 Å². The lowest BCUT2D eigenvalue weighted by Crippen LogP contribution is -2.38. The van der Waals surface area contributed by atoms with Crippen molar-refractivity contribution in [2.75, 3.05) is 6.26 Å². The van der Waals surface area contributed by atoms with Crippen molar-refractivity contribution in [3.05, 3.63) is 181 Å². The third kappa shape index (κ3) is 5.38. The van der Waals surface area contributed by atoms with E-state index >= 15 is 0 Å². The lowest BCUT2D eigenvalue weighted by atomic mass is 9.77. The van der Waals surface area contributed by atoms with Crippen molar-refractivity contribution in [1.29, 1.82) is 0 Å². The summed E-state index contributed by atoms with van der Waals surface area (Å²) in [5, 5.41) is 5.88. The Morgan fingerprint density at radius 1 is 0.660 bits per heavy atom. The summed E-state index contributed by atoms with van der Waals surface area (Å²) in [6.45, 7) is 0. The van der Waals surface area contributed by atoms with Gasteiger partial charge in [-0.05, 0) is 70.8 Å². The van der Waals surface area contributed by atoms with Crippen molar-refractivity contribution in [3.8, 4) is 33.8 Å². The molecule has 0 saturated heterocycles. The van der Waals surface area contributed by atoms with Gasteiger partial charge in [-0.2, -0.15) is 5.10 Å². The van der Waals surface area contributed by atoms with Crippen molar-refractivity contribution >= 4 is 20.7 Å². The number of aromatic nitrogens is 4. The molecule has 8 aromatic rings. The number of fused-ring (bicyclic) bond motifs is 1. The lowest BCUT2D eigenvalue weighted by Gasteiger charge is -2.36. The van der Waals surface area contributed by atoms with Crippen LogP contribution in [-0.2, 0) is 15.4 Å². The van der Waals surface area contributed by atoms with Crippen LogP contribution in [0.5, 0.6) is 0 Å². The van der Waals surface area contributed by atoms with E-state index in [1.165, 1.54) is 24.5 Å². The highest BCUT2D eigenvalue weighted by Gasteiger charge is 2.40. The van der Waals surface area contributed by atoms with Crippen LogP contribution in [0.4, 0.5) is 4.39 Å². The minimum Gasteiger partial charge on any atom is -0.443 e.